The zero-order valence-electron chi connectivity index (χ0n) is 10.3. The molecule has 0 radical (unpaired) electrons. The predicted molar refractivity (Wildman–Crippen MR) is 67.2 cm³/mol. The molecule has 6 heteroatoms. The maximum absolute atomic E-state index is 12.1. The van der Waals surface area contributed by atoms with Crippen LogP contribution >= 0.6 is 0 Å². The smallest absolute Gasteiger partial charge is 0.267 e. The normalized spacial score (nSPS) is 17.8. The van der Waals surface area contributed by atoms with Gasteiger partial charge >= 0.3 is 0 Å². The highest BCUT2D eigenvalue weighted by Crippen LogP contribution is 2.22. The third-order valence-corrected chi connectivity index (χ3v) is 4.81. The molecule has 0 aromatic heterocycles. The average Bonchev–Trinajstić information content (AvgIpc) is 2.68. The van der Waals surface area contributed by atoms with Gasteiger partial charge in [0.1, 0.15) is 5.75 Å². The molecule has 0 saturated carbocycles. The Balaban J connectivity index is 2.35. The lowest BCUT2D eigenvalue weighted by Gasteiger charge is -2.15. The number of methoxy groups -OCH3 is 1. The van der Waals surface area contributed by atoms with Crippen LogP contribution in [0.3, 0.4) is 0 Å². The lowest BCUT2D eigenvalue weighted by molar-refractivity contribution is 0.0869. The van der Waals surface area contributed by atoms with Crippen molar-refractivity contribution in [1.29, 1.82) is 0 Å². The second kappa shape index (κ2) is 4.61. The number of amides is 1. The van der Waals surface area contributed by atoms with Gasteiger partial charge in [0.2, 0.25) is 10.0 Å². The van der Waals surface area contributed by atoms with Gasteiger partial charge in [0.25, 0.3) is 5.91 Å². The molecule has 2 rings (SSSR count). The second-order valence-corrected chi connectivity index (χ2v) is 6.24. The minimum Gasteiger partial charge on any atom is -0.496 e. The van der Waals surface area contributed by atoms with Crippen molar-refractivity contribution in [3.63, 3.8) is 0 Å². The van der Waals surface area contributed by atoms with E-state index in [2.05, 4.69) is 0 Å². The van der Waals surface area contributed by atoms with E-state index in [4.69, 9.17) is 4.74 Å². The van der Waals surface area contributed by atoms with Gasteiger partial charge in [-0.3, -0.25) is 4.79 Å². The first-order chi connectivity index (χ1) is 8.45. The molecule has 98 valence electrons. The molecule has 0 aliphatic carbocycles. The Bertz CT molecular complexity index is 580. The fraction of sp³-hybridized carbons (Fsp3) is 0.417. The van der Waals surface area contributed by atoms with Gasteiger partial charge in [0.05, 0.1) is 12.9 Å². The molecule has 1 amide bonds. The summed E-state index contributed by atoms with van der Waals surface area (Å²) < 4.78 is 29.4. The SMILES string of the molecule is COc1cc(C(=O)N2CCCS2(=O)=O)ccc1C. The molecule has 5 nitrogen and oxygen atoms in total. The van der Waals surface area contributed by atoms with Crippen LogP contribution in [0.15, 0.2) is 18.2 Å². The van der Waals surface area contributed by atoms with Crippen LogP contribution < -0.4 is 4.74 Å². The third-order valence-electron chi connectivity index (χ3n) is 2.98. The quantitative estimate of drug-likeness (QED) is 0.808. The molecular formula is C12H15NO4S. The molecule has 0 unspecified atom stereocenters. The summed E-state index contributed by atoms with van der Waals surface area (Å²) >= 11 is 0. The van der Waals surface area contributed by atoms with E-state index in [0.29, 0.717) is 17.7 Å². The Kier molecular flexibility index (Phi) is 3.30. The van der Waals surface area contributed by atoms with Crippen molar-refractivity contribution < 1.29 is 17.9 Å². The van der Waals surface area contributed by atoms with E-state index in [1.165, 1.54) is 7.11 Å². The summed E-state index contributed by atoms with van der Waals surface area (Å²) in [5.74, 6) is 0.144. The summed E-state index contributed by atoms with van der Waals surface area (Å²) in [6.07, 6.45) is 0.497. The number of carbonyl (C=O) groups is 1. The molecule has 1 saturated heterocycles. The summed E-state index contributed by atoms with van der Waals surface area (Å²) in [5.41, 5.74) is 1.24. The van der Waals surface area contributed by atoms with Crippen LogP contribution in [0.4, 0.5) is 0 Å². The zero-order chi connectivity index (χ0) is 13.3. The standard InChI is InChI=1S/C12H15NO4S/c1-9-4-5-10(8-11(9)17-2)12(14)13-6-3-7-18(13,15)16/h4-5,8H,3,6-7H2,1-2H3. The first-order valence-corrected chi connectivity index (χ1v) is 7.26. The number of sulfonamides is 1. The van der Waals surface area contributed by atoms with E-state index in [1.807, 2.05) is 6.92 Å². The van der Waals surface area contributed by atoms with Crippen molar-refractivity contribution in [3.05, 3.63) is 29.3 Å². The maximum Gasteiger partial charge on any atom is 0.267 e. The zero-order valence-corrected chi connectivity index (χ0v) is 11.2. The van der Waals surface area contributed by atoms with Gasteiger partial charge in [-0.05, 0) is 31.0 Å². The summed E-state index contributed by atoms with van der Waals surface area (Å²) in [6.45, 7) is 2.12. The van der Waals surface area contributed by atoms with E-state index in [-0.39, 0.29) is 12.3 Å². The molecule has 0 atom stereocenters. The summed E-state index contributed by atoms with van der Waals surface area (Å²) in [6, 6.07) is 4.94. The van der Waals surface area contributed by atoms with Crippen LogP contribution in [0.1, 0.15) is 22.3 Å². The van der Waals surface area contributed by atoms with E-state index in [9.17, 15) is 13.2 Å². The van der Waals surface area contributed by atoms with E-state index in [0.717, 1.165) is 9.87 Å². The molecule has 1 aliphatic rings. The van der Waals surface area contributed by atoms with Gasteiger partial charge in [-0.2, -0.15) is 0 Å². The van der Waals surface area contributed by atoms with Crippen LogP contribution in [0.2, 0.25) is 0 Å². The van der Waals surface area contributed by atoms with Crippen LogP contribution in [-0.2, 0) is 10.0 Å². The number of hydrogen-bond donors (Lipinski definition) is 0. The molecule has 1 heterocycles. The Morgan fingerprint density at radius 1 is 1.39 bits per heavy atom. The Morgan fingerprint density at radius 3 is 2.67 bits per heavy atom. The summed E-state index contributed by atoms with van der Waals surface area (Å²) in [7, 11) is -1.90. The molecule has 18 heavy (non-hydrogen) atoms. The van der Waals surface area contributed by atoms with Crippen molar-refractivity contribution in [1.82, 2.24) is 4.31 Å². The van der Waals surface area contributed by atoms with Gasteiger partial charge < -0.3 is 4.74 Å². The van der Waals surface area contributed by atoms with Gasteiger partial charge in [-0.15, -0.1) is 0 Å². The van der Waals surface area contributed by atoms with Crippen molar-refractivity contribution >= 4 is 15.9 Å². The summed E-state index contributed by atoms with van der Waals surface area (Å²) in [5, 5.41) is 0. The largest absolute Gasteiger partial charge is 0.496 e. The molecule has 0 N–H and O–H groups in total. The van der Waals surface area contributed by atoms with E-state index in [1.54, 1.807) is 18.2 Å². The minimum absolute atomic E-state index is 0.0434. The highest BCUT2D eigenvalue weighted by atomic mass is 32.2. The van der Waals surface area contributed by atoms with E-state index < -0.39 is 15.9 Å². The molecule has 1 aromatic rings. The maximum atomic E-state index is 12.1. The lowest BCUT2D eigenvalue weighted by Crippen LogP contribution is -2.32. The summed E-state index contributed by atoms with van der Waals surface area (Å²) in [4.78, 5) is 12.1. The monoisotopic (exact) mass is 269 g/mol. The van der Waals surface area contributed by atoms with Crippen molar-refractivity contribution in [2.75, 3.05) is 19.4 Å². The number of rotatable bonds is 2. The molecule has 1 aliphatic heterocycles. The molecular weight excluding hydrogens is 254 g/mol. The topological polar surface area (TPSA) is 63.7 Å². The molecule has 0 bridgehead atoms. The minimum atomic E-state index is -3.42. The Morgan fingerprint density at radius 2 is 2.11 bits per heavy atom. The van der Waals surface area contributed by atoms with Crippen LogP contribution in [0.5, 0.6) is 5.75 Å². The van der Waals surface area contributed by atoms with Crippen LogP contribution in [0, 0.1) is 6.92 Å². The van der Waals surface area contributed by atoms with Gasteiger partial charge in [0, 0.05) is 12.1 Å². The molecule has 0 spiro atoms. The number of hydrogen-bond acceptors (Lipinski definition) is 4. The first kappa shape index (κ1) is 12.9. The first-order valence-electron chi connectivity index (χ1n) is 5.65. The number of benzene rings is 1. The lowest BCUT2D eigenvalue weighted by atomic mass is 10.1. The number of nitrogens with zero attached hydrogens (tertiary/aromatic N) is 1. The Hall–Kier alpha value is -1.56. The molecule has 1 aromatic carbocycles. The fourth-order valence-electron chi connectivity index (χ4n) is 1.96. The van der Waals surface area contributed by atoms with E-state index >= 15 is 0 Å². The van der Waals surface area contributed by atoms with Gasteiger partial charge in [0.15, 0.2) is 0 Å². The highest BCUT2D eigenvalue weighted by molar-refractivity contribution is 7.89. The Labute approximate surface area is 106 Å². The van der Waals surface area contributed by atoms with Crippen molar-refractivity contribution in [2.45, 2.75) is 13.3 Å². The van der Waals surface area contributed by atoms with Crippen LogP contribution in [-0.4, -0.2) is 38.0 Å². The number of aryl methyl sites for hydroxylation is 1. The number of carbonyl (C=O) groups excluding carboxylic acids is 1. The van der Waals surface area contributed by atoms with Crippen LogP contribution in [0.25, 0.3) is 0 Å². The highest BCUT2D eigenvalue weighted by Gasteiger charge is 2.33. The fourth-order valence-corrected chi connectivity index (χ4v) is 3.44. The van der Waals surface area contributed by atoms with Crippen molar-refractivity contribution in [3.8, 4) is 5.75 Å². The predicted octanol–water partition coefficient (Wildman–Crippen LogP) is 1.18. The average molecular weight is 269 g/mol. The molecule has 1 fully saturated rings. The van der Waals surface area contributed by atoms with Crippen molar-refractivity contribution in [2.24, 2.45) is 0 Å². The third kappa shape index (κ3) is 2.20. The van der Waals surface area contributed by atoms with Gasteiger partial charge in [-0.1, -0.05) is 6.07 Å². The second-order valence-electron chi connectivity index (χ2n) is 4.23. The number of ether oxygens (including phenoxy) is 1. The van der Waals surface area contributed by atoms with Gasteiger partial charge in [-0.25, -0.2) is 12.7 Å².